The molecule has 0 amide bonds. The second kappa shape index (κ2) is 4.84. The Morgan fingerprint density at radius 3 is 2.92 bits per heavy atom. The zero-order valence-electron chi connectivity index (χ0n) is 7.56. The molecule has 1 aliphatic carbocycles. The quantitative estimate of drug-likeness (QED) is 0.716. The SMILES string of the molecule is Cl.Cl.Cn1ncc2c1CC(N)CC2. The first-order valence-corrected chi connectivity index (χ1v) is 4.02. The van der Waals surface area contributed by atoms with E-state index in [0.29, 0.717) is 6.04 Å². The van der Waals surface area contributed by atoms with E-state index in [1.54, 1.807) is 0 Å². The Kier molecular flexibility index (Phi) is 4.75. The van der Waals surface area contributed by atoms with Crippen LogP contribution >= 0.6 is 24.8 Å². The first-order chi connectivity index (χ1) is 5.27. The van der Waals surface area contributed by atoms with Gasteiger partial charge in [0.25, 0.3) is 0 Å². The lowest BCUT2D eigenvalue weighted by Gasteiger charge is -2.18. The van der Waals surface area contributed by atoms with Crippen molar-refractivity contribution in [1.29, 1.82) is 0 Å². The summed E-state index contributed by atoms with van der Waals surface area (Å²) >= 11 is 0. The third-order valence-corrected chi connectivity index (χ3v) is 2.39. The molecular formula is C8H15Cl2N3. The first-order valence-electron chi connectivity index (χ1n) is 4.02. The van der Waals surface area contributed by atoms with Gasteiger partial charge in [0, 0.05) is 25.2 Å². The summed E-state index contributed by atoms with van der Waals surface area (Å²) in [5.41, 5.74) is 8.54. The molecule has 0 bridgehead atoms. The van der Waals surface area contributed by atoms with E-state index < -0.39 is 0 Å². The largest absolute Gasteiger partial charge is 0.327 e. The average Bonchev–Trinajstić information content (AvgIpc) is 2.33. The van der Waals surface area contributed by atoms with Gasteiger partial charge in [0.2, 0.25) is 0 Å². The lowest BCUT2D eigenvalue weighted by molar-refractivity contribution is 0.547. The maximum absolute atomic E-state index is 5.84. The molecule has 1 aromatic rings. The zero-order valence-corrected chi connectivity index (χ0v) is 9.20. The number of nitrogens with zero attached hydrogens (tertiary/aromatic N) is 2. The summed E-state index contributed by atoms with van der Waals surface area (Å²) in [5, 5.41) is 4.19. The predicted octanol–water partition coefficient (Wildman–Crippen LogP) is 1.08. The Morgan fingerprint density at radius 1 is 1.54 bits per heavy atom. The Hall–Kier alpha value is -0.250. The summed E-state index contributed by atoms with van der Waals surface area (Å²) in [7, 11) is 1.98. The number of hydrogen-bond acceptors (Lipinski definition) is 2. The van der Waals surface area contributed by atoms with E-state index in [1.807, 2.05) is 17.9 Å². The second-order valence-electron chi connectivity index (χ2n) is 3.24. The molecule has 1 heterocycles. The molecular weight excluding hydrogens is 209 g/mol. The summed E-state index contributed by atoms with van der Waals surface area (Å²) in [4.78, 5) is 0. The van der Waals surface area contributed by atoms with Crippen molar-refractivity contribution < 1.29 is 0 Å². The maximum atomic E-state index is 5.84. The van der Waals surface area contributed by atoms with Gasteiger partial charge in [-0.15, -0.1) is 24.8 Å². The van der Waals surface area contributed by atoms with Gasteiger partial charge < -0.3 is 5.73 Å². The van der Waals surface area contributed by atoms with Crippen LogP contribution < -0.4 is 5.73 Å². The van der Waals surface area contributed by atoms with E-state index >= 15 is 0 Å². The molecule has 2 N–H and O–H groups in total. The van der Waals surface area contributed by atoms with E-state index in [9.17, 15) is 0 Å². The highest BCUT2D eigenvalue weighted by molar-refractivity contribution is 5.85. The predicted molar refractivity (Wildman–Crippen MR) is 57.7 cm³/mol. The smallest absolute Gasteiger partial charge is 0.0524 e. The lowest BCUT2D eigenvalue weighted by Crippen LogP contribution is -2.28. The van der Waals surface area contributed by atoms with Gasteiger partial charge in [0.05, 0.1) is 6.20 Å². The molecule has 0 saturated heterocycles. The number of aromatic nitrogens is 2. The molecule has 0 saturated carbocycles. The van der Waals surface area contributed by atoms with E-state index in [2.05, 4.69) is 5.10 Å². The van der Waals surface area contributed by atoms with Crippen molar-refractivity contribution in [2.75, 3.05) is 0 Å². The third kappa shape index (κ3) is 2.36. The van der Waals surface area contributed by atoms with E-state index in [4.69, 9.17) is 5.73 Å². The molecule has 2 rings (SSSR count). The molecule has 0 radical (unpaired) electrons. The van der Waals surface area contributed by atoms with Gasteiger partial charge in [-0.25, -0.2) is 0 Å². The molecule has 76 valence electrons. The molecule has 1 atom stereocenters. The fourth-order valence-corrected chi connectivity index (χ4v) is 1.67. The van der Waals surface area contributed by atoms with Gasteiger partial charge in [-0.2, -0.15) is 5.10 Å². The van der Waals surface area contributed by atoms with Crippen LogP contribution in [-0.4, -0.2) is 15.8 Å². The van der Waals surface area contributed by atoms with E-state index in [0.717, 1.165) is 19.3 Å². The van der Waals surface area contributed by atoms with Gasteiger partial charge in [-0.1, -0.05) is 0 Å². The highest BCUT2D eigenvalue weighted by atomic mass is 35.5. The van der Waals surface area contributed by atoms with Crippen molar-refractivity contribution in [3.63, 3.8) is 0 Å². The zero-order chi connectivity index (χ0) is 7.84. The monoisotopic (exact) mass is 223 g/mol. The van der Waals surface area contributed by atoms with Crippen LogP contribution in [0.1, 0.15) is 17.7 Å². The average molecular weight is 224 g/mol. The highest BCUT2D eigenvalue weighted by Crippen LogP contribution is 2.18. The summed E-state index contributed by atoms with van der Waals surface area (Å²) < 4.78 is 1.94. The number of hydrogen-bond donors (Lipinski definition) is 1. The molecule has 13 heavy (non-hydrogen) atoms. The Labute approximate surface area is 90.5 Å². The normalized spacial score (nSPS) is 19.7. The molecule has 0 spiro atoms. The molecule has 1 unspecified atom stereocenters. The van der Waals surface area contributed by atoms with Crippen LogP contribution in [0.25, 0.3) is 0 Å². The number of rotatable bonds is 0. The van der Waals surface area contributed by atoms with E-state index in [-0.39, 0.29) is 24.8 Å². The van der Waals surface area contributed by atoms with Gasteiger partial charge in [0.1, 0.15) is 0 Å². The standard InChI is InChI=1S/C8H13N3.2ClH/c1-11-8-4-7(9)3-2-6(8)5-10-11;;/h5,7H,2-4,9H2,1H3;2*1H. The van der Waals surface area contributed by atoms with Crippen LogP contribution in [-0.2, 0) is 19.9 Å². The van der Waals surface area contributed by atoms with Crippen LogP contribution in [0.2, 0.25) is 0 Å². The minimum atomic E-state index is 0. The van der Waals surface area contributed by atoms with Crippen molar-refractivity contribution in [3.05, 3.63) is 17.5 Å². The number of aryl methyl sites for hydroxylation is 2. The summed E-state index contributed by atoms with van der Waals surface area (Å²) in [6.07, 6.45) is 5.16. The molecule has 0 aromatic carbocycles. The molecule has 5 heteroatoms. The number of nitrogens with two attached hydrogens (primary N) is 1. The molecule has 0 aliphatic heterocycles. The molecule has 0 fully saturated rings. The van der Waals surface area contributed by atoms with Gasteiger partial charge in [-0.3, -0.25) is 4.68 Å². The summed E-state index contributed by atoms with van der Waals surface area (Å²) in [6, 6.07) is 0.345. The molecule has 1 aliphatic rings. The minimum absolute atomic E-state index is 0. The second-order valence-corrected chi connectivity index (χ2v) is 3.24. The highest BCUT2D eigenvalue weighted by Gasteiger charge is 2.18. The van der Waals surface area contributed by atoms with Crippen LogP contribution in [0.3, 0.4) is 0 Å². The maximum Gasteiger partial charge on any atom is 0.0524 e. The first kappa shape index (κ1) is 12.8. The van der Waals surface area contributed by atoms with Crippen LogP contribution in [0.15, 0.2) is 6.20 Å². The van der Waals surface area contributed by atoms with Crippen molar-refractivity contribution in [3.8, 4) is 0 Å². The third-order valence-electron chi connectivity index (χ3n) is 2.39. The number of fused-ring (bicyclic) bond motifs is 1. The fourth-order valence-electron chi connectivity index (χ4n) is 1.67. The molecule has 3 nitrogen and oxygen atoms in total. The van der Waals surface area contributed by atoms with Crippen LogP contribution in [0, 0.1) is 0 Å². The number of halogens is 2. The Morgan fingerprint density at radius 2 is 2.23 bits per heavy atom. The molecule has 1 aromatic heterocycles. The Bertz CT molecular complexity index is 272. The van der Waals surface area contributed by atoms with Gasteiger partial charge in [0.15, 0.2) is 0 Å². The van der Waals surface area contributed by atoms with Crippen LogP contribution in [0.4, 0.5) is 0 Å². The minimum Gasteiger partial charge on any atom is -0.327 e. The van der Waals surface area contributed by atoms with Crippen molar-refractivity contribution in [2.24, 2.45) is 12.8 Å². The van der Waals surface area contributed by atoms with Gasteiger partial charge >= 0.3 is 0 Å². The fraction of sp³-hybridized carbons (Fsp3) is 0.625. The van der Waals surface area contributed by atoms with Crippen molar-refractivity contribution in [2.45, 2.75) is 25.3 Å². The van der Waals surface area contributed by atoms with E-state index in [1.165, 1.54) is 11.3 Å². The van der Waals surface area contributed by atoms with Crippen molar-refractivity contribution in [1.82, 2.24) is 9.78 Å². The van der Waals surface area contributed by atoms with Gasteiger partial charge in [-0.05, 0) is 18.4 Å². The topological polar surface area (TPSA) is 43.8 Å². The van der Waals surface area contributed by atoms with Crippen LogP contribution in [0.5, 0.6) is 0 Å². The summed E-state index contributed by atoms with van der Waals surface area (Å²) in [6.45, 7) is 0. The van der Waals surface area contributed by atoms with Crippen molar-refractivity contribution >= 4 is 24.8 Å². The Balaban J connectivity index is 0.000000720. The summed E-state index contributed by atoms with van der Waals surface area (Å²) in [5.74, 6) is 0. The lowest BCUT2D eigenvalue weighted by atomic mass is 9.94.